The molecule has 0 spiro atoms. The third-order valence-electron chi connectivity index (χ3n) is 1.27. The average Bonchev–Trinajstić information content (AvgIpc) is 2.14. The second-order valence-corrected chi connectivity index (χ2v) is 6.35. The predicted octanol–water partition coefficient (Wildman–Crippen LogP) is 0.259. The van der Waals surface area contributed by atoms with Gasteiger partial charge in [0.05, 0.1) is 0 Å². The van der Waals surface area contributed by atoms with Gasteiger partial charge in [-0.3, -0.25) is 0 Å². The molecule has 1 heterocycles. The van der Waals surface area contributed by atoms with Crippen LogP contribution in [0, 0.1) is 0 Å². The van der Waals surface area contributed by atoms with Crippen molar-refractivity contribution in [2.24, 2.45) is 0 Å². The second-order valence-electron chi connectivity index (χ2n) is 1.78. The van der Waals surface area contributed by atoms with Gasteiger partial charge in [-0.1, -0.05) is 0 Å². The van der Waals surface area contributed by atoms with E-state index in [-0.39, 0.29) is 22.4 Å². The second kappa shape index (κ2) is 2.88. The quantitative estimate of drug-likeness (QED) is 0.589. The summed E-state index contributed by atoms with van der Waals surface area (Å²) in [7, 11) is 1.83. The fourth-order valence-corrected chi connectivity index (χ4v) is 4.31. The number of hydrogen-bond acceptors (Lipinski definition) is 1. The fraction of sp³-hybridized carbons (Fsp3) is 0.800. The van der Waals surface area contributed by atoms with Gasteiger partial charge in [0.15, 0.2) is 0 Å². The van der Waals surface area contributed by atoms with E-state index in [1.807, 2.05) is 7.11 Å². The zero-order valence-electron chi connectivity index (χ0n) is 4.55. The Bertz CT molecular complexity index is 80.1. The summed E-state index contributed by atoms with van der Waals surface area (Å²) in [5.41, 5.74) is 0. The molecule has 2 heteroatoms. The van der Waals surface area contributed by atoms with Crippen molar-refractivity contribution in [1.82, 2.24) is 0 Å². The SMILES string of the molecule is CO[CH]1CC[CH]=[In]1. The molecule has 0 amide bonds. The molecule has 0 aliphatic carbocycles. The summed E-state index contributed by atoms with van der Waals surface area (Å²) in [5.74, 6) is 0. The zero-order chi connectivity index (χ0) is 5.11. The molecule has 1 aliphatic rings. The molecule has 0 saturated heterocycles. The van der Waals surface area contributed by atoms with E-state index in [2.05, 4.69) is 3.76 Å². The monoisotopic (exact) mass is 200 g/mol. The molecular formula is C5H9InO. The summed E-state index contributed by atoms with van der Waals surface area (Å²) < 4.78 is 8.37. The first kappa shape index (κ1) is 5.83. The van der Waals surface area contributed by atoms with Crippen LogP contribution in [-0.4, -0.2) is 37.2 Å². The van der Waals surface area contributed by atoms with Gasteiger partial charge in [0.25, 0.3) is 0 Å². The van der Waals surface area contributed by atoms with E-state index in [1.54, 1.807) is 0 Å². The van der Waals surface area contributed by atoms with Gasteiger partial charge in [0.1, 0.15) is 0 Å². The van der Waals surface area contributed by atoms with Gasteiger partial charge in [-0.25, -0.2) is 0 Å². The van der Waals surface area contributed by atoms with Crippen molar-refractivity contribution in [3.63, 3.8) is 0 Å². The van der Waals surface area contributed by atoms with Crippen LogP contribution in [0.15, 0.2) is 0 Å². The minimum absolute atomic E-state index is 0.278. The van der Waals surface area contributed by atoms with Crippen LogP contribution >= 0.6 is 0 Å². The minimum atomic E-state index is -0.278. The third kappa shape index (κ3) is 1.57. The number of ether oxygens (including phenoxy) is 1. The average molecular weight is 200 g/mol. The van der Waals surface area contributed by atoms with Gasteiger partial charge in [-0.05, 0) is 0 Å². The summed E-state index contributed by atoms with van der Waals surface area (Å²) in [5, 5.41) is 0. The topological polar surface area (TPSA) is 9.23 Å². The van der Waals surface area contributed by atoms with Crippen LogP contribution < -0.4 is 0 Å². The van der Waals surface area contributed by atoms with Gasteiger partial charge in [-0.15, -0.1) is 0 Å². The molecule has 7 heavy (non-hydrogen) atoms. The van der Waals surface area contributed by atoms with Gasteiger partial charge < -0.3 is 0 Å². The van der Waals surface area contributed by atoms with E-state index in [9.17, 15) is 0 Å². The molecule has 0 N–H and O–H groups in total. The summed E-state index contributed by atoms with van der Waals surface area (Å²) in [6.07, 6.45) is 2.65. The molecule has 1 nitrogen and oxygen atoms in total. The standard InChI is InChI=1S/C5H9O.In/c1-3-4-5-6-2;/h1,5H,3-4H2,2H3;. The van der Waals surface area contributed by atoms with Crippen molar-refractivity contribution >= 4 is 26.2 Å². The van der Waals surface area contributed by atoms with Gasteiger partial charge in [0, 0.05) is 0 Å². The van der Waals surface area contributed by atoms with E-state index in [1.165, 1.54) is 12.8 Å². The molecule has 0 bridgehead atoms. The number of rotatable bonds is 1. The Morgan fingerprint density at radius 3 is 3.00 bits per heavy atom. The molecule has 0 aromatic carbocycles. The molecule has 0 aromatic rings. The van der Waals surface area contributed by atoms with Crippen LogP contribution in [0.4, 0.5) is 0 Å². The van der Waals surface area contributed by atoms with Crippen molar-refractivity contribution in [2.45, 2.75) is 16.7 Å². The first-order chi connectivity index (χ1) is 3.43. The van der Waals surface area contributed by atoms with Gasteiger partial charge in [-0.2, -0.15) is 0 Å². The molecule has 1 unspecified atom stereocenters. The third-order valence-corrected chi connectivity index (χ3v) is 5.95. The van der Waals surface area contributed by atoms with Crippen molar-refractivity contribution in [3.05, 3.63) is 0 Å². The Labute approximate surface area is 54.9 Å². The maximum absolute atomic E-state index is 5.16. The first-order valence-electron chi connectivity index (χ1n) is 2.63. The molecule has 0 aromatic heterocycles. The first-order valence-corrected chi connectivity index (χ1v) is 6.43. The Balaban J connectivity index is 2.28. The van der Waals surface area contributed by atoms with E-state index in [0.717, 1.165) is 3.86 Å². The van der Waals surface area contributed by atoms with E-state index in [4.69, 9.17) is 4.74 Å². The molecule has 38 valence electrons. The molecule has 0 fully saturated rings. The van der Waals surface area contributed by atoms with Crippen LogP contribution in [0.1, 0.15) is 12.8 Å². The van der Waals surface area contributed by atoms with Crippen LogP contribution in [0.2, 0.25) is 0 Å². The maximum atomic E-state index is 5.16. The van der Waals surface area contributed by atoms with Gasteiger partial charge >= 0.3 is 54.7 Å². The van der Waals surface area contributed by atoms with E-state index in [0.29, 0.717) is 0 Å². The predicted molar refractivity (Wildman–Crippen MR) is 31.8 cm³/mol. The molecule has 1 atom stereocenters. The summed E-state index contributed by atoms with van der Waals surface area (Å²) in [6, 6.07) is 0. The van der Waals surface area contributed by atoms with Crippen LogP contribution in [0.3, 0.4) is 0 Å². The van der Waals surface area contributed by atoms with Gasteiger partial charge in [0.2, 0.25) is 0 Å². The van der Waals surface area contributed by atoms with E-state index >= 15 is 0 Å². The molecule has 0 saturated carbocycles. The summed E-state index contributed by atoms with van der Waals surface area (Å²) >= 11 is -0.278. The number of methoxy groups -OCH3 is 1. The Morgan fingerprint density at radius 2 is 2.71 bits per heavy atom. The molecular weight excluding hydrogens is 191 g/mol. The van der Waals surface area contributed by atoms with Crippen LogP contribution in [-0.2, 0) is 4.74 Å². The van der Waals surface area contributed by atoms with Crippen molar-refractivity contribution in [3.8, 4) is 0 Å². The normalized spacial score (nSPS) is 27.9. The fourth-order valence-electron chi connectivity index (χ4n) is 0.801. The molecule has 1 aliphatic heterocycles. The van der Waals surface area contributed by atoms with E-state index < -0.39 is 0 Å². The Kier molecular flexibility index (Phi) is 2.40. The Morgan fingerprint density at radius 1 is 1.86 bits per heavy atom. The van der Waals surface area contributed by atoms with Crippen molar-refractivity contribution in [2.75, 3.05) is 7.11 Å². The van der Waals surface area contributed by atoms with Crippen LogP contribution in [0.5, 0.6) is 0 Å². The summed E-state index contributed by atoms with van der Waals surface area (Å²) in [6.45, 7) is 0. The van der Waals surface area contributed by atoms with Crippen molar-refractivity contribution < 1.29 is 4.74 Å². The summed E-state index contributed by atoms with van der Waals surface area (Å²) in [4.78, 5) is 0. The van der Waals surface area contributed by atoms with Crippen molar-refractivity contribution in [1.29, 1.82) is 0 Å². The van der Waals surface area contributed by atoms with Crippen LogP contribution in [0.25, 0.3) is 0 Å². The zero-order valence-corrected chi connectivity index (χ0v) is 7.85. The Hall–Kier alpha value is 0.700. The molecule has 0 radical (unpaired) electrons. The number of hydrogen-bond donors (Lipinski definition) is 0. The molecule has 1 rings (SSSR count).